The number of anilines is 1. The van der Waals surface area contributed by atoms with Gasteiger partial charge in [0.2, 0.25) is 0 Å². The molecule has 15 heavy (non-hydrogen) atoms. The van der Waals surface area contributed by atoms with E-state index >= 15 is 0 Å². The zero-order valence-corrected chi connectivity index (χ0v) is 9.30. The molecular formula is C11H16N2O2. The first-order valence-corrected chi connectivity index (χ1v) is 4.82. The number of aldehydes is 1. The third kappa shape index (κ3) is 3.02. The summed E-state index contributed by atoms with van der Waals surface area (Å²) in [7, 11) is 3.62. The van der Waals surface area contributed by atoms with Crippen molar-refractivity contribution in [3.8, 4) is 0 Å². The highest BCUT2D eigenvalue weighted by Crippen LogP contribution is 2.11. The lowest BCUT2D eigenvalue weighted by molar-refractivity contribution is 0.112. The van der Waals surface area contributed by atoms with Gasteiger partial charge in [-0.05, 0) is 19.1 Å². The Morgan fingerprint density at radius 3 is 2.80 bits per heavy atom. The molecule has 0 aromatic carbocycles. The predicted molar refractivity (Wildman–Crippen MR) is 59.4 cm³/mol. The maximum Gasteiger partial charge on any atom is 0.151 e. The topological polar surface area (TPSA) is 42.4 Å². The maximum absolute atomic E-state index is 10.5. The van der Waals surface area contributed by atoms with E-state index in [1.807, 2.05) is 18.0 Å². The first-order valence-electron chi connectivity index (χ1n) is 4.82. The van der Waals surface area contributed by atoms with Crippen LogP contribution in [0, 0.1) is 0 Å². The van der Waals surface area contributed by atoms with Gasteiger partial charge in [0.05, 0.1) is 12.6 Å². The van der Waals surface area contributed by atoms with E-state index in [1.165, 1.54) is 0 Å². The third-order valence-corrected chi connectivity index (χ3v) is 2.34. The summed E-state index contributed by atoms with van der Waals surface area (Å²) in [6.45, 7) is 2.70. The molecule has 1 heterocycles. The van der Waals surface area contributed by atoms with Crippen molar-refractivity contribution in [2.75, 3.05) is 25.7 Å². The molecule has 4 nitrogen and oxygen atoms in total. The number of carbonyl (C=O) groups is 1. The fraction of sp³-hybridized carbons (Fsp3) is 0.455. The normalized spacial score (nSPS) is 12.2. The van der Waals surface area contributed by atoms with E-state index in [0.717, 1.165) is 12.1 Å². The lowest BCUT2D eigenvalue weighted by Gasteiger charge is -2.25. The summed E-state index contributed by atoms with van der Waals surface area (Å²) in [4.78, 5) is 16.7. The Balaban J connectivity index is 2.73. The number of methoxy groups -OCH3 is 1. The van der Waals surface area contributed by atoms with Crippen LogP contribution in [-0.4, -0.2) is 38.1 Å². The average molecular weight is 208 g/mol. The Morgan fingerprint density at radius 2 is 2.33 bits per heavy atom. The van der Waals surface area contributed by atoms with Crippen molar-refractivity contribution in [1.29, 1.82) is 0 Å². The van der Waals surface area contributed by atoms with Crippen LogP contribution in [0.15, 0.2) is 18.3 Å². The Hall–Kier alpha value is -1.42. The second-order valence-corrected chi connectivity index (χ2v) is 3.48. The molecule has 0 aliphatic rings. The van der Waals surface area contributed by atoms with Crippen molar-refractivity contribution in [2.45, 2.75) is 13.0 Å². The lowest BCUT2D eigenvalue weighted by Crippen LogP contribution is -2.33. The molecular weight excluding hydrogens is 192 g/mol. The molecule has 1 aromatic heterocycles. The SMILES string of the molecule is COCC(C)N(C)c1ccc(C=O)cn1. The van der Waals surface area contributed by atoms with E-state index in [-0.39, 0.29) is 6.04 Å². The summed E-state index contributed by atoms with van der Waals surface area (Å²) in [5.41, 5.74) is 0.589. The van der Waals surface area contributed by atoms with Crippen molar-refractivity contribution < 1.29 is 9.53 Å². The molecule has 82 valence electrons. The monoisotopic (exact) mass is 208 g/mol. The van der Waals surface area contributed by atoms with Crippen LogP contribution < -0.4 is 4.90 Å². The number of hydrogen-bond donors (Lipinski definition) is 0. The van der Waals surface area contributed by atoms with Crippen molar-refractivity contribution in [3.63, 3.8) is 0 Å². The summed E-state index contributed by atoms with van der Waals surface area (Å²) >= 11 is 0. The molecule has 0 N–H and O–H groups in total. The van der Waals surface area contributed by atoms with Crippen molar-refractivity contribution in [1.82, 2.24) is 4.98 Å². The van der Waals surface area contributed by atoms with Gasteiger partial charge in [0.25, 0.3) is 0 Å². The number of rotatable bonds is 5. The first kappa shape index (κ1) is 11.7. The maximum atomic E-state index is 10.5. The number of pyridine rings is 1. The highest BCUT2D eigenvalue weighted by atomic mass is 16.5. The molecule has 1 aromatic rings. The van der Waals surface area contributed by atoms with Gasteiger partial charge in [-0.15, -0.1) is 0 Å². The molecule has 1 atom stereocenters. The van der Waals surface area contributed by atoms with Gasteiger partial charge in [-0.1, -0.05) is 0 Å². The molecule has 0 fully saturated rings. The van der Waals surface area contributed by atoms with E-state index < -0.39 is 0 Å². The minimum atomic E-state index is 0.254. The Bertz CT molecular complexity index is 311. The minimum Gasteiger partial charge on any atom is -0.383 e. The van der Waals surface area contributed by atoms with Crippen molar-refractivity contribution >= 4 is 12.1 Å². The fourth-order valence-corrected chi connectivity index (χ4v) is 1.25. The van der Waals surface area contributed by atoms with E-state index in [4.69, 9.17) is 4.74 Å². The number of ether oxygens (including phenoxy) is 1. The zero-order chi connectivity index (χ0) is 11.3. The van der Waals surface area contributed by atoms with Gasteiger partial charge >= 0.3 is 0 Å². The van der Waals surface area contributed by atoms with Crippen molar-refractivity contribution in [2.24, 2.45) is 0 Å². The number of carbonyl (C=O) groups excluding carboxylic acids is 1. The third-order valence-electron chi connectivity index (χ3n) is 2.34. The Kier molecular flexibility index (Phi) is 4.24. The van der Waals surface area contributed by atoms with Gasteiger partial charge in [-0.3, -0.25) is 4.79 Å². The molecule has 1 rings (SSSR count). The van der Waals surface area contributed by atoms with Gasteiger partial charge in [-0.25, -0.2) is 4.98 Å². The minimum absolute atomic E-state index is 0.254. The van der Waals surface area contributed by atoms with E-state index in [2.05, 4.69) is 11.9 Å². The Morgan fingerprint density at radius 1 is 1.60 bits per heavy atom. The summed E-state index contributed by atoms with van der Waals surface area (Å²) in [5.74, 6) is 0.838. The molecule has 0 amide bonds. The number of likely N-dealkylation sites (N-methyl/N-ethyl adjacent to an activating group) is 1. The van der Waals surface area contributed by atoms with Crippen LogP contribution in [-0.2, 0) is 4.74 Å². The van der Waals surface area contributed by atoms with Crippen LogP contribution in [0.1, 0.15) is 17.3 Å². The second-order valence-electron chi connectivity index (χ2n) is 3.48. The van der Waals surface area contributed by atoms with Crippen LogP contribution >= 0.6 is 0 Å². The van der Waals surface area contributed by atoms with Gasteiger partial charge in [0.15, 0.2) is 6.29 Å². The summed E-state index contributed by atoms with van der Waals surface area (Å²) in [6.07, 6.45) is 2.35. The standard InChI is InChI=1S/C11H16N2O2/c1-9(8-15-3)13(2)11-5-4-10(7-14)6-12-11/h4-7,9H,8H2,1-3H3. The number of aromatic nitrogens is 1. The van der Waals surface area contributed by atoms with E-state index in [1.54, 1.807) is 19.4 Å². The molecule has 0 aliphatic heterocycles. The molecule has 4 heteroatoms. The lowest BCUT2D eigenvalue weighted by atomic mass is 10.2. The first-order chi connectivity index (χ1) is 7.19. The highest BCUT2D eigenvalue weighted by Gasteiger charge is 2.10. The molecule has 0 aliphatic carbocycles. The van der Waals surface area contributed by atoms with Crippen LogP contribution in [0.4, 0.5) is 5.82 Å². The molecule has 0 spiro atoms. The summed E-state index contributed by atoms with van der Waals surface area (Å²) in [5, 5.41) is 0. The quantitative estimate of drug-likeness (QED) is 0.685. The summed E-state index contributed by atoms with van der Waals surface area (Å²) in [6, 6.07) is 3.84. The smallest absolute Gasteiger partial charge is 0.151 e. The number of hydrogen-bond acceptors (Lipinski definition) is 4. The molecule has 0 saturated heterocycles. The summed E-state index contributed by atoms with van der Waals surface area (Å²) < 4.78 is 5.07. The Labute approximate surface area is 89.9 Å². The van der Waals surface area contributed by atoms with E-state index in [0.29, 0.717) is 12.2 Å². The predicted octanol–water partition coefficient (Wildman–Crippen LogP) is 1.37. The largest absolute Gasteiger partial charge is 0.383 e. The number of nitrogens with zero attached hydrogens (tertiary/aromatic N) is 2. The van der Waals surface area contributed by atoms with Crippen LogP contribution in [0.5, 0.6) is 0 Å². The van der Waals surface area contributed by atoms with Gasteiger partial charge in [-0.2, -0.15) is 0 Å². The average Bonchev–Trinajstić information content (AvgIpc) is 2.28. The molecule has 0 saturated carbocycles. The molecule has 1 unspecified atom stereocenters. The van der Waals surface area contributed by atoms with Crippen LogP contribution in [0.3, 0.4) is 0 Å². The van der Waals surface area contributed by atoms with Crippen molar-refractivity contribution in [3.05, 3.63) is 23.9 Å². The second kappa shape index (κ2) is 5.46. The van der Waals surface area contributed by atoms with Gasteiger partial charge in [0.1, 0.15) is 5.82 Å². The van der Waals surface area contributed by atoms with Crippen LogP contribution in [0.25, 0.3) is 0 Å². The van der Waals surface area contributed by atoms with Gasteiger partial charge in [0, 0.05) is 25.9 Å². The molecule has 0 radical (unpaired) electrons. The highest BCUT2D eigenvalue weighted by molar-refractivity contribution is 5.74. The van der Waals surface area contributed by atoms with E-state index in [9.17, 15) is 4.79 Å². The van der Waals surface area contributed by atoms with Gasteiger partial charge < -0.3 is 9.64 Å². The fourth-order valence-electron chi connectivity index (χ4n) is 1.25. The zero-order valence-electron chi connectivity index (χ0n) is 9.30. The molecule has 0 bridgehead atoms. The van der Waals surface area contributed by atoms with Crippen LogP contribution in [0.2, 0.25) is 0 Å².